The average molecular weight is 495 g/mol. The molecular weight excluding hydrogens is 452 g/mol. The van der Waals surface area contributed by atoms with E-state index in [0.29, 0.717) is 53.3 Å². The van der Waals surface area contributed by atoms with Gasteiger partial charge >= 0.3 is 5.97 Å². The maximum Gasteiger partial charge on any atom is 0.338 e. The predicted octanol–water partition coefficient (Wildman–Crippen LogP) is 5.67. The summed E-state index contributed by atoms with van der Waals surface area (Å²) in [6, 6.07) is 7.36. The Morgan fingerprint density at radius 2 is 1.81 bits per heavy atom. The first-order chi connectivity index (χ1) is 17.0. The third kappa shape index (κ3) is 4.05. The molecule has 36 heavy (non-hydrogen) atoms. The molecule has 2 amide bonds. The Balaban J connectivity index is 1.29. The van der Waals surface area contributed by atoms with Crippen molar-refractivity contribution in [2.24, 2.45) is 34.5 Å². The summed E-state index contributed by atoms with van der Waals surface area (Å²) in [4.78, 5) is 38.9. The van der Waals surface area contributed by atoms with E-state index in [9.17, 15) is 14.4 Å². The van der Waals surface area contributed by atoms with E-state index in [4.69, 9.17) is 4.74 Å². The molecule has 8 atom stereocenters. The molecule has 0 bridgehead atoms. The van der Waals surface area contributed by atoms with E-state index in [-0.39, 0.29) is 28.8 Å². The molecule has 0 radical (unpaired) electrons. The topological polar surface area (TPSA) is 75.7 Å². The Labute approximate surface area is 215 Å². The SMILES string of the molecule is CC(=O)Nc1cccc(C(=O)OC(C)[C@H]2CC[C@H]3[C@@H]4CC[C@H]5N(C)C(=O)CC[C@]5(C)[C@H]4CC[C@]23C)c1. The van der Waals surface area contributed by atoms with E-state index >= 15 is 0 Å². The number of anilines is 1. The molecule has 0 aromatic heterocycles. The van der Waals surface area contributed by atoms with Crippen molar-refractivity contribution >= 4 is 23.5 Å². The zero-order valence-corrected chi connectivity index (χ0v) is 22.5. The van der Waals surface area contributed by atoms with E-state index in [2.05, 4.69) is 31.0 Å². The molecule has 3 aliphatic carbocycles. The lowest BCUT2D eigenvalue weighted by molar-refractivity contribution is -0.159. The lowest BCUT2D eigenvalue weighted by atomic mass is 9.46. The van der Waals surface area contributed by atoms with Gasteiger partial charge in [-0.3, -0.25) is 9.59 Å². The number of rotatable bonds is 4. The minimum atomic E-state index is -0.321. The first-order valence-corrected chi connectivity index (χ1v) is 13.9. The Hall–Kier alpha value is -2.37. The van der Waals surface area contributed by atoms with Crippen molar-refractivity contribution < 1.29 is 19.1 Å². The van der Waals surface area contributed by atoms with Crippen LogP contribution in [0.4, 0.5) is 5.69 Å². The Morgan fingerprint density at radius 3 is 2.56 bits per heavy atom. The number of nitrogens with one attached hydrogen (secondary N) is 1. The summed E-state index contributed by atoms with van der Waals surface area (Å²) >= 11 is 0. The summed E-state index contributed by atoms with van der Waals surface area (Å²) in [5.74, 6) is 2.23. The zero-order chi connectivity index (χ0) is 25.8. The highest BCUT2D eigenvalue weighted by atomic mass is 16.5. The summed E-state index contributed by atoms with van der Waals surface area (Å²) in [7, 11) is 2.02. The number of nitrogens with zero attached hydrogens (tertiary/aromatic N) is 1. The van der Waals surface area contributed by atoms with Gasteiger partial charge in [-0.2, -0.15) is 0 Å². The van der Waals surface area contributed by atoms with Crippen molar-refractivity contribution in [1.29, 1.82) is 0 Å². The van der Waals surface area contributed by atoms with E-state index in [1.165, 1.54) is 32.6 Å². The molecule has 1 heterocycles. The molecule has 1 N–H and O–H groups in total. The van der Waals surface area contributed by atoms with E-state index in [1.54, 1.807) is 24.3 Å². The summed E-state index contributed by atoms with van der Waals surface area (Å²) in [5.41, 5.74) is 1.48. The second kappa shape index (κ2) is 9.18. The van der Waals surface area contributed by atoms with Crippen LogP contribution < -0.4 is 5.32 Å². The minimum absolute atomic E-state index is 0.154. The average Bonchev–Trinajstić information content (AvgIpc) is 3.19. The maximum absolute atomic E-state index is 13.0. The predicted molar refractivity (Wildman–Crippen MR) is 139 cm³/mol. The lowest BCUT2D eigenvalue weighted by Gasteiger charge is -2.62. The fourth-order valence-corrected chi connectivity index (χ4v) is 9.21. The van der Waals surface area contributed by atoms with Crippen molar-refractivity contribution in [3.05, 3.63) is 29.8 Å². The van der Waals surface area contributed by atoms with Crippen LogP contribution in [0, 0.1) is 34.5 Å². The van der Waals surface area contributed by atoms with E-state index < -0.39 is 0 Å². The van der Waals surface area contributed by atoms with Crippen molar-refractivity contribution in [2.45, 2.75) is 91.2 Å². The summed E-state index contributed by atoms with van der Waals surface area (Å²) in [6.45, 7) is 8.45. The van der Waals surface area contributed by atoms with Gasteiger partial charge in [-0.05, 0) is 98.7 Å². The van der Waals surface area contributed by atoms with Gasteiger partial charge < -0.3 is 15.0 Å². The van der Waals surface area contributed by atoms with Crippen molar-refractivity contribution in [1.82, 2.24) is 4.90 Å². The van der Waals surface area contributed by atoms with Crippen molar-refractivity contribution in [2.75, 3.05) is 12.4 Å². The third-order valence-corrected chi connectivity index (χ3v) is 10.9. The minimum Gasteiger partial charge on any atom is -0.459 e. The number of likely N-dealkylation sites (tertiary alicyclic amines) is 1. The van der Waals surface area contributed by atoms with Gasteiger partial charge in [-0.25, -0.2) is 4.79 Å². The number of hydrogen-bond donors (Lipinski definition) is 1. The van der Waals surface area contributed by atoms with Gasteiger partial charge in [0.25, 0.3) is 0 Å². The molecule has 1 aromatic carbocycles. The molecule has 6 heteroatoms. The van der Waals surface area contributed by atoms with Gasteiger partial charge in [0.05, 0.1) is 5.56 Å². The number of carbonyl (C=O) groups excluding carboxylic acids is 3. The van der Waals surface area contributed by atoms with Crippen LogP contribution in [0.1, 0.15) is 89.4 Å². The van der Waals surface area contributed by atoms with Crippen LogP contribution >= 0.6 is 0 Å². The van der Waals surface area contributed by atoms with Gasteiger partial charge in [0.2, 0.25) is 11.8 Å². The molecule has 1 aliphatic heterocycles. The molecule has 5 rings (SSSR count). The van der Waals surface area contributed by atoms with Crippen LogP contribution in [0.2, 0.25) is 0 Å². The van der Waals surface area contributed by atoms with Crippen LogP contribution in [-0.4, -0.2) is 41.9 Å². The van der Waals surface area contributed by atoms with Crippen LogP contribution in [0.3, 0.4) is 0 Å². The smallest absolute Gasteiger partial charge is 0.338 e. The number of benzene rings is 1. The monoisotopic (exact) mass is 494 g/mol. The summed E-state index contributed by atoms with van der Waals surface area (Å²) < 4.78 is 6.07. The third-order valence-electron chi connectivity index (χ3n) is 10.9. The summed E-state index contributed by atoms with van der Waals surface area (Å²) in [5, 5.41) is 2.74. The molecule has 4 fully saturated rings. The highest BCUT2D eigenvalue weighted by Crippen LogP contribution is 2.66. The Bertz CT molecular complexity index is 1060. The fraction of sp³-hybridized carbons (Fsp3) is 0.700. The fourth-order valence-electron chi connectivity index (χ4n) is 9.21. The zero-order valence-electron chi connectivity index (χ0n) is 22.5. The molecule has 6 nitrogen and oxygen atoms in total. The highest BCUT2D eigenvalue weighted by Gasteiger charge is 2.61. The van der Waals surface area contributed by atoms with E-state index in [1.807, 2.05) is 7.05 Å². The van der Waals surface area contributed by atoms with Gasteiger partial charge in [-0.1, -0.05) is 19.9 Å². The quantitative estimate of drug-likeness (QED) is 0.547. The Morgan fingerprint density at radius 1 is 1.06 bits per heavy atom. The van der Waals surface area contributed by atoms with Crippen LogP contribution in [-0.2, 0) is 14.3 Å². The van der Waals surface area contributed by atoms with Gasteiger partial charge in [0.1, 0.15) is 6.10 Å². The van der Waals surface area contributed by atoms with Crippen LogP contribution in [0.5, 0.6) is 0 Å². The molecule has 0 spiro atoms. The number of amides is 2. The van der Waals surface area contributed by atoms with Crippen LogP contribution in [0.15, 0.2) is 24.3 Å². The number of esters is 1. The second-order valence-electron chi connectivity index (χ2n) is 12.6. The lowest BCUT2D eigenvalue weighted by Crippen LogP contribution is -2.61. The number of piperidine rings is 1. The molecular formula is C30H42N2O4. The van der Waals surface area contributed by atoms with Crippen molar-refractivity contribution in [3.8, 4) is 0 Å². The first kappa shape index (κ1) is 25.3. The number of hydrogen-bond acceptors (Lipinski definition) is 4. The van der Waals surface area contributed by atoms with Crippen molar-refractivity contribution in [3.63, 3.8) is 0 Å². The highest BCUT2D eigenvalue weighted by molar-refractivity contribution is 5.93. The largest absolute Gasteiger partial charge is 0.459 e. The summed E-state index contributed by atoms with van der Waals surface area (Å²) in [6.07, 6.45) is 8.58. The molecule has 196 valence electrons. The standard InChI is InChI=1S/C30H42N2O4/c1-18(36-28(35)20-7-6-8-21(17-20)31-19(2)33)23-10-11-24-22-9-12-26-30(4,16-14-27(34)32(26)5)25(22)13-15-29(23,24)3/h6-8,17-18,22-26H,9-16H2,1-5H3,(H,31,33)/t18?,22-,23+,24-,25-,26+,29+,30+/m0/s1. The molecule has 1 unspecified atom stereocenters. The molecule has 3 saturated carbocycles. The van der Waals surface area contributed by atoms with Crippen LogP contribution in [0.25, 0.3) is 0 Å². The number of ether oxygens (including phenoxy) is 1. The number of carbonyl (C=O) groups is 3. The van der Waals surface area contributed by atoms with Gasteiger partial charge in [-0.15, -0.1) is 0 Å². The second-order valence-corrected chi connectivity index (χ2v) is 12.6. The van der Waals surface area contributed by atoms with Gasteiger partial charge in [0, 0.05) is 38.0 Å². The maximum atomic E-state index is 13.0. The van der Waals surface area contributed by atoms with E-state index in [0.717, 1.165) is 19.3 Å². The molecule has 1 saturated heterocycles. The molecule has 4 aliphatic rings. The normalized spacial score (nSPS) is 38.4. The first-order valence-electron chi connectivity index (χ1n) is 13.9. The van der Waals surface area contributed by atoms with Gasteiger partial charge in [0.15, 0.2) is 0 Å². The molecule has 1 aromatic rings. The Kier molecular flexibility index (Phi) is 6.45. The number of fused-ring (bicyclic) bond motifs is 5.